The number of halogens is 2. The first-order valence-corrected chi connectivity index (χ1v) is 5.66. The Morgan fingerprint density at radius 3 is 2.73 bits per heavy atom. The predicted molar refractivity (Wildman–Crippen MR) is 66.1 cm³/mol. The average Bonchev–Trinajstić information content (AvgIpc) is 2.19. The SMILES string of the molecule is C=CCCc1cc(Cl)cc(Cl)c1OCC. The summed E-state index contributed by atoms with van der Waals surface area (Å²) in [5, 5.41) is 1.21. The zero-order valence-electron chi connectivity index (χ0n) is 8.72. The van der Waals surface area contributed by atoms with Gasteiger partial charge >= 0.3 is 0 Å². The van der Waals surface area contributed by atoms with E-state index in [2.05, 4.69) is 6.58 Å². The Morgan fingerprint density at radius 2 is 2.13 bits per heavy atom. The molecule has 0 atom stereocenters. The van der Waals surface area contributed by atoms with Crippen molar-refractivity contribution < 1.29 is 4.74 Å². The summed E-state index contributed by atoms with van der Waals surface area (Å²) < 4.78 is 5.49. The van der Waals surface area contributed by atoms with Gasteiger partial charge in [-0.05, 0) is 37.5 Å². The molecule has 0 bridgehead atoms. The number of ether oxygens (including phenoxy) is 1. The number of benzene rings is 1. The molecule has 1 rings (SSSR count). The van der Waals surface area contributed by atoms with Crippen molar-refractivity contribution >= 4 is 23.2 Å². The van der Waals surface area contributed by atoms with Gasteiger partial charge in [0.2, 0.25) is 0 Å². The predicted octanol–water partition coefficient (Wildman–Crippen LogP) is 4.51. The molecule has 1 nitrogen and oxygen atoms in total. The smallest absolute Gasteiger partial charge is 0.141 e. The molecular weight excluding hydrogens is 231 g/mol. The molecule has 1 aromatic rings. The summed E-state index contributed by atoms with van der Waals surface area (Å²) in [6.07, 6.45) is 3.60. The maximum atomic E-state index is 6.06. The Kier molecular flexibility index (Phi) is 5.00. The van der Waals surface area contributed by atoms with Crippen LogP contribution in [0, 0.1) is 0 Å². The number of rotatable bonds is 5. The van der Waals surface area contributed by atoms with E-state index in [0.29, 0.717) is 16.7 Å². The second-order valence-corrected chi connectivity index (χ2v) is 3.98. The van der Waals surface area contributed by atoms with Gasteiger partial charge in [0.1, 0.15) is 5.75 Å². The van der Waals surface area contributed by atoms with E-state index >= 15 is 0 Å². The third-order valence-corrected chi connectivity index (χ3v) is 2.49. The molecule has 0 aliphatic rings. The molecule has 0 spiro atoms. The molecule has 0 amide bonds. The molecule has 0 aliphatic carbocycles. The van der Waals surface area contributed by atoms with E-state index in [0.717, 1.165) is 24.2 Å². The normalized spacial score (nSPS) is 10.1. The van der Waals surface area contributed by atoms with E-state index < -0.39 is 0 Å². The topological polar surface area (TPSA) is 9.23 Å². The van der Waals surface area contributed by atoms with Gasteiger partial charge in [0.05, 0.1) is 11.6 Å². The quantitative estimate of drug-likeness (QED) is 0.693. The molecule has 0 radical (unpaired) electrons. The van der Waals surface area contributed by atoms with Crippen LogP contribution in [-0.2, 0) is 6.42 Å². The third kappa shape index (κ3) is 3.44. The monoisotopic (exact) mass is 244 g/mol. The van der Waals surface area contributed by atoms with Gasteiger partial charge in [0.15, 0.2) is 0 Å². The molecule has 0 aliphatic heterocycles. The molecule has 0 saturated carbocycles. The fourth-order valence-corrected chi connectivity index (χ4v) is 1.95. The summed E-state index contributed by atoms with van der Waals surface area (Å²) in [5.74, 6) is 0.741. The van der Waals surface area contributed by atoms with Crippen LogP contribution in [0.2, 0.25) is 10.0 Å². The van der Waals surface area contributed by atoms with Crippen molar-refractivity contribution in [2.24, 2.45) is 0 Å². The lowest BCUT2D eigenvalue weighted by Gasteiger charge is -2.11. The molecule has 0 aromatic heterocycles. The van der Waals surface area contributed by atoms with E-state index in [1.165, 1.54) is 0 Å². The first kappa shape index (κ1) is 12.4. The van der Waals surface area contributed by atoms with Crippen molar-refractivity contribution in [1.82, 2.24) is 0 Å². The van der Waals surface area contributed by atoms with E-state index in [4.69, 9.17) is 27.9 Å². The summed E-state index contributed by atoms with van der Waals surface area (Å²) in [7, 11) is 0. The first-order chi connectivity index (χ1) is 7.19. The largest absolute Gasteiger partial charge is 0.492 e. The Hall–Kier alpha value is -0.660. The molecule has 1 aromatic carbocycles. The zero-order valence-corrected chi connectivity index (χ0v) is 10.2. The molecule has 0 fully saturated rings. The lowest BCUT2D eigenvalue weighted by molar-refractivity contribution is 0.337. The van der Waals surface area contributed by atoms with Crippen molar-refractivity contribution in [3.8, 4) is 5.75 Å². The highest BCUT2D eigenvalue weighted by atomic mass is 35.5. The molecule has 82 valence electrons. The van der Waals surface area contributed by atoms with Crippen LogP contribution >= 0.6 is 23.2 Å². The zero-order chi connectivity index (χ0) is 11.3. The summed E-state index contributed by atoms with van der Waals surface area (Å²) in [6, 6.07) is 3.59. The van der Waals surface area contributed by atoms with Crippen LogP contribution in [0.15, 0.2) is 24.8 Å². The van der Waals surface area contributed by atoms with Gasteiger partial charge in [-0.3, -0.25) is 0 Å². The second kappa shape index (κ2) is 6.04. The summed E-state index contributed by atoms with van der Waals surface area (Å²) in [4.78, 5) is 0. The Bertz CT molecular complexity index is 348. The van der Waals surface area contributed by atoms with Crippen LogP contribution < -0.4 is 4.74 Å². The summed E-state index contributed by atoms with van der Waals surface area (Å²) in [5.41, 5.74) is 1.04. The minimum absolute atomic E-state index is 0.573. The van der Waals surface area contributed by atoms with E-state index in [9.17, 15) is 0 Å². The van der Waals surface area contributed by atoms with Crippen LogP contribution in [0.3, 0.4) is 0 Å². The van der Waals surface area contributed by atoms with Gasteiger partial charge in [-0.15, -0.1) is 6.58 Å². The molecule has 0 saturated heterocycles. The van der Waals surface area contributed by atoms with Crippen molar-refractivity contribution in [3.63, 3.8) is 0 Å². The van der Waals surface area contributed by atoms with Crippen LogP contribution in [0.4, 0.5) is 0 Å². The Balaban J connectivity index is 3.02. The second-order valence-electron chi connectivity index (χ2n) is 3.14. The third-order valence-electron chi connectivity index (χ3n) is 1.99. The number of allylic oxidation sites excluding steroid dienone is 1. The highest BCUT2D eigenvalue weighted by Gasteiger charge is 2.09. The Labute approximate surface area is 101 Å². The Morgan fingerprint density at radius 1 is 1.40 bits per heavy atom. The molecule has 0 heterocycles. The van der Waals surface area contributed by atoms with E-state index in [-0.39, 0.29) is 0 Å². The van der Waals surface area contributed by atoms with Crippen molar-refractivity contribution in [2.45, 2.75) is 19.8 Å². The molecular formula is C12H14Cl2O. The number of aryl methyl sites for hydroxylation is 1. The minimum atomic E-state index is 0.573. The van der Waals surface area contributed by atoms with Crippen molar-refractivity contribution in [1.29, 1.82) is 0 Å². The highest BCUT2D eigenvalue weighted by molar-refractivity contribution is 6.35. The van der Waals surface area contributed by atoms with Crippen molar-refractivity contribution in [2.75, 3.05) is 6.61 Å². The van der Waals surface area contributed by atoms with E-state index in [1.54, 1.807) is 6.07 Å². The van der Waals surface area contributed by atoms with Gasteiger partial charge in [-0.1, -0.05) is 29.3 Å². The highest BCUT2D eigenvalue weighted by Crippen LogP contribution is 2.33. The maximum absolute atomic E-state index is 6.06. The summed E-state index contributed by atoms with van der Waals surface area (Å²) >= 11 is 12.0. The van der Waals surface area contributed by atoms with Crippen LogP contribution in [0.25, 0.3) is 0 Å². The van der Waals surface area contributed by atoms with Gasteiger partial charge in [-0.2, -0.15) is 0 Å². The lowest BCUT2D eigenvalue weighted by Crippen LogP contribution is -1.97. The van der Waals surface area contributed by atoms with Gasteiger partial charge in [0, 0.05) is 5.02 Å². The van der Waals surface area contributed by atoms with Crippen LogP contribution in [-0.4, -0.2) is 6.61 Å². The van der Waals surface area contributed by atoms with Crippen LogP contribution in [0.1, 0.15) is 18.9 Å². The number of hydrogen-bond acceptors (Lipinski definition) is 1. The minimum Gasteiger partial charge on any atom is -0.492 e. The lowest BCUT2D eigenvalue weighted by atomic mass is 10.1. The average molecular weight is 245 g/mol. The fraction of sp³-hybridized carbons (Fsp3) is 0.333. The van der Waals surface area contributed by atoms with E-state index in [1.807, 2.05) is 19.1 Å². The number of hydrogen-bond donors (Lipinski definition) is 0. The van der Waals surface area contributed by atoms with Gasteiger partial charge in [-0.25, -0.2) is 0 Å². The van der Waals surface area contributed by atoms with Gasteiger partial charge in [0.25, 0.3) is 0 Å². The maximum Gasteiger partial charge on any atom is 0.141 e. The molecule has 0 unspecified atom stereocenters. The van der Waals surface area contributed by atoms with Gasteiger partial charge < -0.3 is 4.74 Å². The molecule has 0 N–H and O–H groups in total. The first-order valence-electron chi connectivity index (χ1n) is 4.90. The fourth-order valence-electron chi connectivity index (χ4n) is 1.36. The van der Waals surface area contributed by atoms with Crippen molar-refractivity contribution in [3.05, 3.63) is 40.4 Å². The van der Waals surface area contributed by atoms with Crippen LogP contribution in [0.5, 0.6) is 5.75 Å². The standard InChI is InChI=1S/C12H14Cl2O/c1-3-5-6-9-7-10(13)8-11(14)12(9)15-4-2/h3,7-8H,1,4-6H2,2H3. The molecule has 15 heavy (non-hydrogen) atoms. The molecule has 3 heteroatoms. The summed E-state index contributed by atoms with van der Waals surface area (Å²) in [6.45, 7) is 6.22.